The lowest BCUT2D eigenvalue weighted by molar-refractivity contribution is 1.04. The van der Waals surface area contributed by atoms with Crippen molar-refractivity contribution >= 4 is 5.82 Å². The standard InChI is InChI=1S/C11H11N3/c1-8-3-2-4-9(7-8)10-5-6-13-14-11(10)12/h2-7H,1H3,(H2,12,14). The topological polar surface area (TPSA) is 51.8 Å². The average molecular weight is 185 g/mol. The largest absolute Gasteiger partial charge is 0.382 e. The van der Waals surface area contributed by atoms with Crippen LogP contribution in [0.15, 0.2) is 36.5 Å². The minimum absolute atomic E-state index is 0.470. The highest BCUT2D eigenvalue weighted by Crippen LogP contribution is 2.23. The molecule has 1 aromatic carbocycles. The van der Waals surface area contributed by atoms with E-state index < -0.39 is 0 Å². The third-order valence-electron chi connectivity index (χ3n) is 2.08. The van der Waals surface area contributed by atoms with Crippen molar-refractivity contribution in [1.29, 1.82) is 0 Å². The molecule has 70 valence electrons. The number of nitrogens with zero attached hydrogens (tertiary/aromatic N) is 2. The van der Waals surface area contributed by atoms with Gasteiger partial charge in [-0.1, -0.05) is 29.8 Å². The first kappa shape index (κ1) is 8.69. The summed E-state index contributed by atoms with van der Waals surface area (Å²) in [6.45, 7) is 2.05. The number of nitrogens with two attached hydrogens (primary N) is 1. The van der Waals surface area contributed by atoms with Crippen LogP contribution < -0.4 is 5.73 Å². The summed E-state index contributed by atoms with van der Waals surface area (Å²) in [6.07, 6.45) is 1.65. The smallest absolute Gasteiger partial charge is 0.153 e. The highest BCUT2D eigenvalue weighted by molar-refractivity contribution is 5.73. The molecule has 0 aliphatic rings. The van der Waals surface area contributed by atoms with Gasteiger partial charge in [0.15, 0.2) is 5.82 Å². The van der Waals surface area contributed by atoms with Crippen LogP contribution in [-0.2, 0) is 0 Å². The predicted molar refractivity (Wildman–Crippen MR) is 56.6 cm³/mol. The van der Waals surface area contributed by atoms with E-state index in [1.54, 1.807) is 6.20 Å². The van der Waals surface area contributed by atoms with E-state index in [2.05, 4.69) is 16.3 Å². The summed E-state index contributed by atoms with van der Waals surface area (Å²) in [5.74, 6) is 0.470. The Bertz CT molecular complexity index is 452. The number of hydrogen-bond donors (Lipinski definition) is 1. The molecule has 1 aromatic heterocycles. The van der Waals surface area contributed by atoms with Crippen molar-refractivity contribution in [2.24, 2.45) is 0 Å². The Labute approximate surface area is 82.6 Å². The Morgan fingerprint density at radius 1 is 1.21 bits per heavy atom. The number of aryl methyl sites for hydroxylation is 1. The minimum atomic E-state index is 0.470. The first-order valence-corrected chi connectivity index (χ1v) is 4.41. The van der Waals surface area contributed by atoms with Crippen molar-refractivity contribution in [3.05, 3.63) is 42.1 Å². The summed E-state index contributed by atoms with van der Waals surface area (Å²) in [6, 6.07) is 10.0. The normalized spacial score (nSPS) is 10.1. The van der Waals surface area contributed by atoms with Crippen LogP contribution in [0.1, 0.15) is 5.56 Å². The molecular formula is C11H11N3. The van der Waals surface area contributed by atoms with Crippen LogP contribution in [-0.4, -0.2) is 10.2 Å². The Morgan fingerprint density at radius 3 is 2.79 bits per heavy atom. The van der Waals surface area contributed by atoms with E-state index in [0.29, 0.717) is 5.82 Å². The van der Waals surface area contributed by atoms with Crippen LogP contribution in [0.3, 0.4) is 0 Å². The summed E-state index contributed by atoms with van der Waals surface area (Å²) in [5, 5.41) is 7.53. The summed E-state index contributed by atoms with van der Waals surface area (Å²) < 4.78 is 0. The van der Waals surface area contributed by atoms with E-state index in [0.717, 1.165) is 11.1 Å². The molecule has 2 N–H and O–H groups in total. The summed E-state index contributed by atoms with van der Waals surface area (Å²) in [4.78, 5) is 0. The number of rotatable bonds is 1. The Hall–Kier alpha value is -1.90. The number of benzene rings is 1. The predicted octanol–water partition coefficient (Wildman–Crippen LogP) is 2.03. The van der Waals surface area contributed by atoms with Crippen molar-refractivity contribution in [2.45, 2.75) is 6.92 Å². The zero-order valence-corrected chi connectivity index (χ0v) is 7.94. The molecule has 0 amide bonds. The second-order valence-electron chi connectivity index (χ2n) is 3.20. The van der Waals surface area contributed by atoms with Crippen LogP contribution in [0.2, 0.25) is 0 Å². The van der Waals surface area contributed by atoms with Gasteiger partial charge in [0, 0.05) is 5.56 Å². The molecule has 0 saturated heterocycles. The van der Waals surface area contributed by atoms with E-state index in [-0.39, 0.29) is 0 Å². The van der Waals surface area contributed by atoms with Gasteiger partial charge in [0.05, 0.1) is 6.20 Å². The number of aromatic nitrogens is 2. The van der Waals surface area contributed by atoms with Crippen molar-refractivity contribution in [1.82, 2.24) is 10.2 Å². The van der Waals surface area contributed by atoms with E-state index >= 15 is 0 Å². The van der Waals surface area contributed by atoms with Crippen LogP contribution in [0, 0.1) is 6.92 Å². The van der Waals surface area contributed by atoms with Gasteiger partial charge in [0.25, 0.3) is 0 Å². The van der Waals surface area contributed by atoms with Gasteiger partial charge in [-0.05, 0) is 18.6 Å². The first-order chi connectivity index (χ1) is 6.77. The quantitative estimate of drug-likeness (QED) is 0.739. The number of anilines is 1. The third kappa shape index (κ3) is 1.57. The van der Waals surface area contributed by atoms with Gasteiger partial charge in [-0.25, -0.2) is 0 Å². The average Bonchev–Trinajstić information content (AvgIpc) is 2.18. The lowest BCUT2D eigenvalue weighted by Gasteiger charge is -2.03. The second kappa shape index (κ2) is 3.46. The minimum Gasteiger partial charge on any atom is -0.382 e. The molecule has 3 nitrogen and oxygen atoms in total. The fourth-order valence-corrected chi connectivity index (χ4v) is 1.40. The fourth-order valence-electron chi connectivity index (χ4n) is 1.40. The molecular weight excluding hydrogens is 174 g/mol. The first-order valence-electron chi connectivity index (χ1n) is 4.41. The number of nitrogen functional groups attached to an aromatic ring is 1. The van der Waals surface area contributed by atoms with Gasteiger partial charge < -0.3 is 5.73 Å². The van der Waals surface area contributed by atoms with E-state index in [1.807, 2.05) is 31.2 Å². The maximum Gasteiger partial charge on any atom is 0.153 e. The van der Waals surface area contributed by atoms with Crippen molar-refractivity contribution < 1.29 is 0 Å². The highest BCUT2D eigenvalue weighted by Gasteiger charge is 2.02. The second-order valence-corrected chi connectivity index (χ2v) is 3.20. The Balaban J connectivity index is 2.55. The fraction of sp³-hybridized carbons (Fsp3) is 0.0909. The Morgan fingerprint density at radius 2 is 2.07 bits per heavy atom. The van der Waals surface area contributed by atoms with Crippen LogP contribution >= 0.6 is 0 Å². The lowest BCUT2D eigenvalue weighted by atomic mass is 10.1. The molecule has 0 spiro atoms. The van der Waals surface area contributed by atoms with Crippen LogP contribution in [0.5, 0.6) is 0 Å². The monoisotopic (exact) mass is 185 g/mol. The molecule has 0 unspecified atom stereocenters. The van der Waals surface area contributed by atoms with Crippen molar-refractivity contribution in [2.75, 3.05) is 5.73 Å². The Kier molecular flexibility index (Phi) is 2.14. The molecule has 1 heterocycles. The van der Waals surface area contributed by atoms with Crippen LogP contribution in [0.4, 0.5) is 5.82 Å². The van der Waals surface area contributed by atoms with Gasteiger partial charge in [0.2, 0.25) is 0 Å². The molecule has 0 fully saturated rings. The molecule has 2 aromatic rings. The molecule has 0 saturated carbocycles. The molecule has 3 heteroatoms. The van der Waals surface area contributed by atoms with E-state index in [1.165, 1.54) is 5.56 Å². The summed E-state index contributed by atoms with van der Waals surface area (Å²) >= 11 is 0. The molecule has 0 aliphatic heterocycles. The van der Waals surface area contributed by atoms with E-state index in [9.17, 15) is 0 Å². The van der Waals surface area contributed by atoms with Crippen molar-refractivity contribution in [3.63, 3.8) is 0 Å². The maximum atomic E-state index is 5.73. The van der Waals surface area contributed by atoms with Gasteiger partial charge in [-0.3, -0.25) is 0 Å². The molecule has 0 aliphatic carbocycles. The zero-order valence-electron chi connectivity index (χ0n) is 7.94. The van der Waals surface area contributed by atoms with Gasteiger partial charge in [-0.15, -0.1) is 5.10 Å². The summed E-state index contributed by atoms with van der Waals surface area (Å²) in [7, 11) is 0. The molecule has 0 atom stereocenters. The molecule has 0 bridgehead atoms. The number of hydrogen-bond acceptors (Lipinski definition) is 3. The van der Waals surface area contributed by atoms with Gasteiger partial charge in [0.1, 0.15) is 0 Å². The summed E-state index contributed by atoms with van der Waals surface area (Å²) in [5.41, 5.74) is 8.95. The van der Waals surface area contributed by atoms with Crippen LogP contribution in [0.25, 0.3) is 11.1 Å². The maximum absolute atomic E-state index is 5.73. The molecule has 2 rings (SSSR count). The van der Waals surface area contributed by atoms with E-state index in [4.69, 9.17) is 5.73 Å². The van der Waals surface area contributed by atoms with Gasteiger partial charge in [-0.2, -0.15) is 5.10 Å². The van der Waals surface area contributed by atoms with Gasteiger partial charge >= 0.3 is 0 Å². The zero-order chi connectivity index (χ0) is 9.97. The molecule has 0 radical (unpaired) electrons. The lowest BCUT2D eigenvalue weighted by Crippen LogP contribution is -1.95. The molecule has 14 heavy (non-hydrogen) atoms. The highest BCUT2D eigenvalue weighted by atomic mass is 15.1. The SMILES string of the molecule is Cc1cccc(-c2ccnnc2N)c1. The van der Waals surface area contributed by atoms with Crippen molar-refractivity contribution in [3.8, 4) is 11.1 Å². The third-order valence-corrected chi connectivity index (χ3v) is 2.08.